The summed E-state index contributed by atoms with van der Waals surface area (Å²) in [6.07, 6.45) is 5.87. The van der Waals surface area contributed by atoms with Crippen LogP contribution in [0.25, 0.3) is 0 Å². The average Bonchev–Trinajstić information content (AvgIpc) is 2.46. The first-order valence-corrected chi connectivity index (χ1v) is 6.22. The molecule has 1 N–H and O–H groups in total. The maximum atomic E-state index is 13.3. The van der Waals surface area contributed by atoms with E-state index in [4.69, 9.17) is 4.74 Å². The molecule has 0 aliphatic carbocycles. The minimum Gasteiger partial charge on any atom is -0.493 e. The molecule has 1 atom stereocenters. The molecule has 3 rings (SSSR count). The minimum absolute atomic E-state index is 0.0969. The summed E-state index contributed by atoms with van der Waals surface area (Å²) in [4.78, 5) is 7.94. The van der Waals surface area contributed by atoms with Crippen LogP contribution in [0.15, 0.2) is 36.9 Å². The molecule has 1 aliphatic rings. The van der Waals surface area contributed by atoms with E-state index in [1.807, 2.05) is 0 Å². The van der Waals surface area contributed by atoms with Crippen molar-refractivity contribution in [1.29, 1.82) is 0 Å². The van der Waals surface area contributed by atoms with Crippen molar-refractivity contribution in [2.24, 2.45) is 0 Å². The van der Waals surface area contributed by atoms with Crippen LogP contribution >= 0.6 is 0 Å². The van der Waals surface area contributed by atoms with Crippen LogP contribution in [0.1, 0.15) is 23.6 Å². The molecule has 5 heteroatoms. The van der Waals surface area contributed by atoms with Crippen molar-refractivity contribution >= 4 is 0 Å². The first kappa shape index (κ1) is 12.0. The van der Waals surface area contributed by atoms with E-state index in [0.29, 0.717) is 13.2 Å². The van der Waals surface area contributed by atoms with Crippen molar-refractivity contribution in [2.75, 3.05) is 6.61 Å². The third-order valence-electron chi connectivity index (χ3n) is 3.18. The molecule has 0 spiro atoms. The molecule has 1 aliphatic heterocycles. The summed E-state index contributed by atoms with van der Waals surface area (Å²) in [6.45, 7) is 1.29. The van der Waals surface area contributed by atoms with Crippen molar-refractivity contribution in [3.63, 3.8) is 0 Å². The maximum Gasteiger partial charge on any atom is 0.124 e. The largest absolute Gasteiger partial charge is 0.493 e. The topological polar surface area (TPSA) is 47.0 Å². The zero-order valence-corrected chi connectivity index (χ0v) is 10.3. The molecule has 1 aromatic carbocycles. The molecular weight excluding hydrogens is 245 g/mol. The van der Waals surface area contributed by atoms with Gasteiger partial charge in [-0.3, -0.25) is 0 Å². The van der Waals surface area contributed by atoms with Crippen LogP contribution in [0.2, 0.25) is 0 Å². The van der Waals surface area contributed by atoms with E-state index < -0.39 is 0 Å². The van der Waals surface area contributed by atoms with Crippen LogP contribution < -0.4 is 10.1 Å². The predicted molar refractivity (Wildman–Crippen MR) is 68.1 cm³/mol. The van der Waals surface area contributed by atoms with E-state index in [0.717, 1.165) is 23.3 Å². The van der Waals surface area contributed by atoms with Crippen molar-refractivity contribution < 1.29 is 9.13 Å². The number of hydrogen-bond donors (Lipinski definition) is 1. The summed E-state index contributed by atoms with van der Waals surface area (Å²) in [7, 11) is 0. The Labute approximate surface area is 110 Å². The normalized spacial score (nSPS) is 17.6. The van der Waals surface area contributed by atoms with Crippen LogP contribution in [-0.2, 0) is 6.54 Å². The standard InChI is InChI=1S/C14H14FN3O/c15-11-1-2-14-12(5-11)13(3-4-19-14)18-8-10-6-16-9-17-7-10/h1-2,5-7,9,13,18H,3-4,8H2/t13-/m0/s1. The second-order valence-electron chi connectivity index (χ2n) is 4.50. The van der Waals surface area contributed by atoms with Crippen LogP contribution in [0.5, 0.6) is 5.75 Å². The molecule has 0 amide bonds. The second-order valence-corrected chi connectivity index (χ2v) is 4.50. The highest BCUT2D eigenvalue weighted by molar-refractivity contribution is 5.38. The van der Waals surface area contributed by atoms with Crippen molar-refractivity contribution in [2.45, 2.75) is 19.0 Å². The molecule has 98 valence electrons. The summed E-state index contributed by atoms with van der Waals surface area (Å²) >= 11 is 0. The smallest absolute Gasteiger partial charge is 0.124 e. The molecule has 4 nitrogen and oxygen atoms in total. The number of benzene rings is 1. The Hall–Kier alpha value is -2.01. The van der Waals surface area contributed by atoms with Gasteiger partial charge >= 0.3 is 0 Å². The quantitative estimate of drug-likeness (QED) is 0.918. The molecule has 1 aromatic heterocycles. The number of halogens is 1. The Kier molecular flexibility index (Phi) is 3.37. The fraction of sp³-hybridized carbons (Fsp3) is 0.286. The van der Waals surface area contributed by atoms with E-state index in [9.17, 15) is 4.39 Å². The van der Waals surface area contributed by atoms with Gasteiger partial charge < -0.3 is 10.1 Å². The lowest BCUT2D eigenvalue weighted by Crippen LogP contribution is -2.27. The van der Waals surface area contributed by atoms with Crippen LogP contribution in [0, 0.1) is 5.82 Å². The highest BCUT2D eigenvalue weighted by Gasteiger charge is 2.21. The van der Waals surface area contributed by atoms with Gasteiger partial charge in [0, 0.05) is 42.5 Å². The summed E-state index contributed by atoms with van der Waals surface area (Å²) in [6, 6.07) is 4.74. The molecule has 0 saturated carbocycles. The molecule has 2 aromatic rings. The van der Waals surface area contributed by atoms with E-state index in [1.54, 1.807) is 18.5 Å². The lowest BCUT2D eigenvalue weighted by Gasteiger charge is -2.26. The Morgan fingerprint density at radius 1 is 1.32 bits per heavy atom. The van der Waals surface area contributed by atoms with Gasteiger partial charge in [0.1, 0.15) is 17.9 Å². The van der Waals surface area contributed by atoms with Gasteiger partial charge in [-0.1, -0.05) is 0 Å². The van der Waals surface area contributed by atoms with Gasteiger partial charge in [0.05, 0.1) is 6.61 Å². The average molecular weight is 259 g/mol. The van der Waals surface area contributed by atoms with Crippen molar-refractivity contribution in [3.8, 4) is 5.75 Å². The van der Waals surface area contributed by atoms with Crippen molar-refractivity contribution in [1.82, 2.24) is 15.3 Å². The molecule has 0 fully saturated rings. The van der Waals surface area contributed by atoms with Gasteiger partial charge in [-0.05, 0) is 18.2 Å². The number of rotatable bonds is 3. The van der Waals surface area contributed by atoms with Gasteiger partial charge in [0.25, 0.3) is 0 Å². The Morgan fingerprint density at radius 3 is 3.00 bits per heavy atom. The number of nitrogens with one attached hydrogen (secondary N) is 1. The minimum atomic E-state index is -0.237. The third kappa shape index (κ3) is 2.71. The van der Waals surface area contributed by atoms with Gasteiger partial charge in [0.15, 0.2) is 0 Å². The highest BCUT2D eigenvalue weighted by Crippen LogP contribution is 2.32. The fourth-order valence-electron chi connectivity index (χ4n) is 2.24. The molecule has 0 radical (unpaired) electrons. The molecule has 0 bridgehead atoms. The maximum absolute atomic E-state index is 13.3. The first-order chi connectivity index (χ1) is 9.33. The van der Waals surface area contributed by atoms with Crippen LogP contribution in [-0.4, -0.2) is 16.6 Å². The predicted octanol–water partition coefficient (Wildman–Crippen LogP) is 2.23. The second kappa shape index (κ2) is 5.32. The molecule has 0 saturated heterocycles. The van der Waals surface area contributed by atoms with Gasteiger partial charge in [-0.25, -0.2) is 14.4 Å². The fourth-order valence-corrected chi connectivity index (χ4v) is 2.24. The lowest BCUT2D eigenvalue weighted by atomic mass is 10.00. The summed E-state index contributed by atoms with van der Waals surface area (Å²) in [5, 5.41) is 3.39. The van der Waals surface area contributed by atoms with Gasteiger partial charge in [-0.2, -0.15) is 0 Å². The number of aromatic nitrogens is 2. The molecular formula is C14H14FN3O. The van der Waals surface area contributed by atoms with Crippen LogP contribution in [0.4, 0.5) is 4.39 Å². The molecule has 19 heavy (non-hydrogen) atoms. The van der Waals surface area contributed by atoms with E-state index in [1.165, 1.54) is 18.5 Å². The zero-order chi connectivity index (χ0) is 13.1. The number of hydrogen-bond acceptors (Lipinski definition) is 4. The van der Waals surface area contributed by atoms with Crippen LogP contribution in [0.3, 0.4) is 0 Å². The van der Waals surface area contributed by atoms with Gasteiger partial charge in [-0.15, -0.1) is 0 Å². The first-order valence-electron chi connectivity index (χ1n) is 6.22. The third-order valence-corrected chi connectivity index (χ3v) is 3.18. The number of fused-ring (bicyclic) bond motifs is 1. The highest BCUT2D eigenvalue weighted by atomic mass is 19.1. The summed E-state index contributed by atoms with van der Waals surface area (Å²) in [5.41, 5.74) is 1.88. The van der Waals surface area contributed by atoms with E-state index >= 15 is 0 Å². The molecule has 0 unspecified atom stereocenters. The Morgan fingerprint density at radius 2 is 2.16 bits per heavy atom. The molecule has 2 heterocycles. The van der Waals surface area contributed by atoms with Gasteiger partial charge in [0.2, 0.25) is 0 Å². The summed E-state index contributed by atoms with van der Waals surface area (Å²) < 4.78 is 18.9. The monoisotopic (exact) mass is 259 g/mol. The van der Waals surface area contributed by atoms with Crippen molar-refractivity contribution in [3.05, 3.63) is 53.9 Å². The van der Waals surface area contributed by atoms with E-state index in [2.05, 4.69) is 15.3 Å². The number of nitrogens with zero attached hydrogens (tertiary/aromatic N) is 2. The number of ether oxygens (including phenoxy) is 1. The summed E-state index contributed by atoms with van der Waals surface area (Å²) in [5.74, 6) is 0.522. The SMILES string of the molecule is Fc1ccc2c(c1)[C@@H](NCc1cncnc1)CCO2. The Balaban J connectivity index is 1.75. The van der Waals surface area contributed by atoms with E-state index in [-0.39, 0.29) is 11.9 Å². The Bertz CT molecular complexity index is 562. The zero-order valence-electron chi connectivity index (χ0n) is 10.3. The lowest BCUT2D eigenvalue weighted by molar-refractivity contribution is 0.251.